The highest BCUT2D eigenvalue weighted by Crippen LogP contribution is 2.28. The third-order valence-corrected chi connectivity index (χ3v) is 5.10. The molecule has 0 saturated heterocycles. The topological polar surface area (TPSA) is 111 Å². The van der Waals surface area contributed by atoms with Gasteiger partial charge in [0.05, 0.1) is 17.2 Å². The van der Waals surface area contributed by atoms with Crippen molar-refractivity contribution in [2.75, 3.05) is 5.73 Å². The summed E-state index contributed by atoms with van der Waals surface area (Å²) in [6, 6.07) is 16.8. The highest BCUT2D eigenvalue weighted by Gasteiger charge is 2.24. The first kappa shape index (κ1) is 20.3. The van der Waals surface area contributed by atoms with Gasteiger partial charge in [0.1, 0.15) is 22.7 Å². The van der Waals surface area contributed by atoms with E-state index in [0.29, 0.717) is 22.2 Å². The standard InChI is InChI=1S/C24H18FN7O/c25-17-7-5-15(6-8-17)13-28-24(33)20-21-23(31-19-4-2-1-3-18(19)30-21)32(22(20)26)29-14-16-9-11-27-12-10-16/h1-12,14H,13,26H2,(H,28,33)/b29-14+. The minimum atomic E-state index is -0.427. The zero-order chi connectivity index (χ0) is 22.8. The third-order valence-electron chi connectivity index (χ3n) is 5.10. The summed E-state index contributed by atoms with van der Waals surface area (Å²) in [6.07, 6.45) is 4.91. The molecule has 3 N–H and O–H groups in total. The van der Waals surface area contributed by atoms with Gasteiger partial charge in [0, 0.05) is 18.9 Å². The van der Waals surface area contributed by atoms with Crippen LogP contribution >= 0.6 is 0 Å². The number of nitrogens with zero attached hydrogens (tertiary/aromatic N) is 5. The van der Waals surface area contributed by atoms with E-state index in [4.69, 9.17) is 5.73 Å². The van der Waals surface area contributed by atoms with Crippen molar-refractivity contribution in [2.45, 2.75) is 6.54 Å². The monoisotopic (exact) mass is 439 g/mol. The lowest BCUT2D eigenvalue weighted by Crippen LogP contribution is -2.23. The summed E-state index contributed by atoms with van der Waals surface area (Å²) < 4.78 is 14.6. The normalized spacial score (nSPS) is 11.4. The van der Waals surface area contributed by atoms with Crippen LogP contribution in [-0.4, -0.2) is 31.7 Å². The number of halogens is 1. The Bertz CT molecular complexity index is 1490. The highest BCUT2D eigenvalue weighted by atomic mass is 19.1. The van der Waals surface area contributed by atoms with Crippen molar-refractivity contribution in [3.8, 4) is 0 Å². The number of fused-ring (bicyclic) bond motifs is 2. The molecule has 33 heavy (non-hydrogen) atoms. The molecule has 0 radical (unpaired) electrons. The molecule has 0 aliphatic carbocycles. The van der Waals surface area contributed by atoms with E-state index in [1.54, 1.807) is 42.9 Å². The Balaban J connectivity index is 1.58. The molecule has 0 atom stereocenters. The number of para-hydroxylation sites is 2. The lowest BCUT2D eigenvalue weighted by atomic mass is 10.2. The fourth-order valence-electron chi connectivity index (χ4n) is 3.44. The summed E-state index contributed by atoms with van der Waals surface area (Å²) in [5.74, 6) is -0.655. The van der Waals surface area contributed by atoms with Gasteiger partial charge in [-0.1, -0.05) is 24.3 Å². The number of carbonyl (C=O) groups is 1. The number of pyridine rings is 1. The molecule has 0 unspecified atom stereocenters. The average molecular weight is 439 g/mol. The summed E-state index contributed by atoms with van der Waals surface area (Å²) in [5.41, 5.74) is 10.1. The van der Waals surface area contributed by atoms with Gasteiger partial charge in [0.15, 0.2) is 5.65 Å². The molecule has 3 heterocycles. The maximum atomic E-state index is 13.2. The van der Waals surface area contributed by atoms with Crippen LogP contribution in [0.1, 0.15) is 21.5 Å². The second kappa shape index (κ2) is 8.46. The number of nitrogens with one attached hydrogen (secondary N) is 1. The van der Waals surface area contributed by atoms with Gasteiger partial charge in [0.2, 0.25) is 0 Å². The number of aromatic nitrogens is 4. The first-order chi connectivity index (χ1) is 16.1. The van der Waals surface area contributed by atoms with Crippen LogP contribution in [0.4, 0.5) is 10.2 Å². The predicted octanol–water partition coefficient (Wildman–Crippen LogP) is 3.51. The van der Waals surface area contributed by atoms with Crippen LogP contribution in [-0.2, 0) is 6.54 Å². The van der Waals surface area contributed by atoms with Crippen molar-refractivity contribution in [1.82, 2.24) is 24.9 Å². The van der Waals surface area contributed by atoms with Crippen molar-refractivity contribution in [2.24, 2.45) is 5.10 Å². The molecule has 3 aromatic heterocycles. The second-order valence-corrected chi connectivity index (χ2v) is 7.29. The smallest absolute Gasteiger partial charge is 0.257 e. The van der Waals surface area contributed by atoms with E-state index in [-0.39, 0.29) is 23.7 Å². The third kappa shape index (κ3) is 3.99. The Labute approximate surface area is 187 Å². The largest absolute Gasteiger partial charge is 0.383 e. The number of benzene rings is 2. The van der Waals surface area contributed by atoms with Gasteiger partial charge < -0.3 is 11.1 Å². The van der Waals surface area contributed by atoms with Gasteiger partial charge in [-0.2, -0.15) is 9.78 Å². The van der Waals surface area contributed by atoms with Gasteiger partial charge in [-0.3, -0.25) is 9.78 Å². The molecule has 0 saturated carbocycles. The molecule has 162 valence electrons. The maximum absolute atomic E-state index is 13.2. The molecule has 0 fully saturated rings. The number of nitrogens with two attached hydrogens (primary N) is 1. The first-order valence-corrected chi connectivity index (χ1v) is 10.1. The first-order valence-electron chi connectivity index (χ1n) is 10.1. The van der Waals surface area contributed by atoms with E-state index >= 15 is 0 Å². The number of amides is 1. The van der Waals surface area contributed by atoms with E-state index < -0.39 is 5.91 Å². The van der Waals surface area contributed by atoms with Crippen LogP contribution in [0.2, 0.25) is 0 Å². The SMILES string of the molecule is Nc1c(C(=O)NCc2ccc(F)cc2)c2nc3ccccc3nc2n1/N=C/c1ccncc1. The summed E-state index contributed by atoms with van der Waals surface area (Å²) >= 11 is 0. The van der Waals surface area contributed by atoms with Crippen LogP contribution in [0.25, 0.3) is 22.2 Å². The minimum Gasteiger partial charge on any atom is -0.383 e. The van der Waals surface area contributed by atoms with E-state index in [1.165, 1.54) is 16.8 Å². The van der Waals surface area contributed by atoms with Crippen molar-refractivity contribution >= 4 is 40.1 Å². The zero-order valence-corrected chi connectivity index (χ0v) is 17.3. The van der Waals surface area contributed by atoms with Gasteiger partial charge in [-0.25, -0.2) is 14.4 Å². The highest BCUT2D eigenvalue weighted by molar-refractivity contribution is 6.10. The quantitative estimate of drug-likeness (QED) is 0.407. The molecule has 2 aromatic carbocycles. The molecule has 0 aliphatic heterocycles. The molecular weight excluding hydrogens is 421 g/mol. The number of hydrogen-bond acceptors (Lipinski definition) is 6. The van der Waals surface area contributed by atoms with Crippen LogP contribution in [0.15, 0.2) is 78.2 Å². The number of rotatable bonds is 5. The molecule has 1 amide bonds. The van der Waals surface area contributed by atoms with Gasteiger partial charge in [0.25, 0.3) is 5.91 Å². The molecule has 8 nitrogen and oxygen atoms in total. The van der Waals surface area contributed by atoms with E-state index in [2.05, 4.69) is 25.4 Å². The maximum Gasteiger partial charge on any atom is 0.257 e. The summed E-state index contributed by atoms with van der Waals surface area (Å²) in [7, 11) is 0. The molecular formula is C24H18FN7O. The molecule has 5 rings (SSSR count). The second-order valence-electron chi connectivity index (χ2n) is 7.29. The van der Waals surface area contributed by atoms with Crippen LogP contribution in [0.5, 0.6) is 0 Å². The Morgan fingerprint density at radius 3 is 2.45 bits per heavy atom. The predicted molar refractivity (Wildman–Crippen MR) is 124 cm³/mol. The fraction of sp³-hybridized carbons (Fsp3) is 0.0417. The Kier molecular flexibility index (Phi) is 5.19. The summed E-state index contributed by atoms with van der Waals surface area (Å²) in [4.78, 5) is 26.4. The van der Waals surface area contributed by atoms with E-state index in [0.717, 1.165) is 11.1 Å². The van der Waals surface area contributed by atoms with Gasteiger partial charge >= 0.3 is 0 Å². The number of carbonyl (C=O) groups excluding carboxylic acids is 1. The van der Waals surface area contributed by atoms with E-state index in [1.807, 2.05) is 24.3 Å². The lowest BCUT2D eigenvalue weighted by molar-refractivity contribution is 0.0953. The van der Waals surface area contributed by atoms with E-state index in [9.17, 15) is 9.18 Å². The van der Waals surface area contributed by atoms with Crippen molar-refractivity contribution in [3.63, 3.8) is 0 Å². The Morgan fingerprint density at radius 1 is 1.03 bits per heavy atom. The summed E-state index contributed by atoms with van der Waals surface area (Å²) in [6.45, 7) is 0.201. The van der Waals surface area contributed by atoms with Crippen molar-refractivity contribution < 1.29 is 9.18 Å². The van der Waals surface area contributed by atoms with Gasteiger partial charge in [-0.15, -0.1) is 0 Å². The number of hydrogen-bond donors (Lipinski definition) is 2. The Hall–Kier alpha value is -4.66. The number of nitrogen functional groups attached to an aromatic ring is 1. The fourth-order valence-corrected chi connectivity index (χ4v) is 3.44. The average Bonchev–Trinajstić information content (AvgIpc) is 3.11. The van der Waals surface area contributed by atoms with Crippen molar-refractivity contribution in [1.29, 1.82) is 0 Å². The van der Waals surface area contributed by atoms with Crippen molar-refractivity contribution in [3.05, 3.63) is 95.6 Å². The molecule has 5 aromatic rings. The molecule has 0 spiro atoms. The summed E-state index contributed by atoms with van der Waals surface area (Å²) in [5, 5.41) is 7.28. The molecule has 0 bridgehead atoms. The number of anilines is 1. The molecule has 9 heteroatoms. The zero-order valence-electron chi connectivity index (χ0n) is 17.3. The molecule has 0 aliphatic rings. The van der Waals surface area contributed by atoms with Gasteiger partial charge in [-0.05, 0) is 47.5 Å². The van der Waals surface area contributed by atoms with Crippen LogP contribution in [0, 0.1) is 5.82 Å². The van der Waals surface area contributed by atoms with Crippen LogP contribution < -0.4 is 11.1 Å². The lowest BCUT2D eigenvalue weighted by Gasteiger charge is -2.06. The van der Waals surface area contributed by atoms with Crippen LogP contribution in [0.3, 0.4) is 0 Å². The minimum absolute atomic E-state index is 0.113. The Morgan fingerprint density at radius 2 is 1.73 bits per heavy atom.